The van der Waals surface area contributed by atoms with Gasteiger partial charge in [-0.25, -0.2) is 13.6 Å². The van der Waals surface area contributed by atoms with Crippen LogP contribution in [0.2, 0.25) is 0 Å². The Morgan fingerprint density at radius 3 is 2.71 bits per heavy atom. The van der Waals surface area contributed by atoms with Gasteiger partial charge in [-0.1, -0.05) is 11.2 Å². The molecule has 1 fully saturated rings. The molecule has 2 aromatic carbocycles. The fourth-order valence-corrected chi connectivity index (χ4v) is 4.10. The van der Waals surface area contributed by atoms with Crippen LogP contribution in [0.3, 0.4) is 0 Å². The average molecular weight is 483 g/mol. The van der Waals surface area contributed by atoms with E-state index in [9.17, 15) is 13.6 Å². The first-order valence-electron chi connectivity index (χ1n) is 11.5. The number of nitrogens with one attached hydrogen (secondary N) is 2. The lowest BCUT2D eigenvalue weighted by atomic mass is 9.94. The van der Waals surface area contributed by atoms with Gasteiger partial charge >= 0.3 is 11.7 Å². The van der Waals surface area contributed by atoms with E-state index >= 15 is 0 Å². The number of fused-ring (bicyclic) bond motifs is 1. The van der Waals surface area contributed by atoms with Crippen molar-refractivity contribution in [3.8, 4) is 0 Å². The molecule has 2 heterocycles. The van der Waals surface area contributed by atoms with Gasteiger partial charge in [0.15, 0.2) is 5.84 Å². The number of carbonyl (C=O) groups is 1. The summed E-state index contributed by atoms with van der Waals surface area (Å²) in [6, 6.07) is 10.4. The average Bonchev–Trinajstić information content (AvgIpc) is 3.25. The molecule has 0 bridgehead atoms. The van der Waals surface area contributed by atoms with Crippen molar-refractivity contribution in [3.63, 3.8) is 0 Å². The molecule has 184 valence electrons. The lowest BCUT2D eigenvalue weighted by Gasteiger charge is -2.37. The van der Waals surface area contributed by atoms with E-state index in [0.29, 0.717) is 42.0 Å². The van der Waals surface area contributed by atoms with Crippen molar-refractivity contribution in [1.82, 2.24) is 10.2 Å². The fourth-order valence-electron chi connectivity index (χ4n) is 4.10. The van der Waals surface area contributed by atoms with Crippen LogP contribution >= 0.6 is 0 Å². The van der Waals surface area contributed by atoms with Gasteiger partial charge in [0.2, 0.25) is 0 Å². The Bertz CT molecular complexity index is 1190. The zero-order chi connectivity index (χ0) is 25.0. The molecule has 0 radical (unpaired) electrons. The van der Waals surface area contributed by atoms with Crippen molar-refractivity contribution < 1.29 is 23.1 Å². The quantitative estimate of drug-likeness (QED) is 0.558. The summed E-state index contributed by atoms with van der Waals surface area (Å²) in [7, 11) is 1.79. The molecule has 2 aliphatic heterocycles. The maximum atomic E-state index is 14.7. The maximum absolute atomic E-state index is 14.7. The van der Waals surface area contributed by atoms with Crippen LogP contribution in [0.5, 0.6) is 0 Å². The highest BCUT2D eigenvalue weighted by molar-refractivity contribution is 6.06. The number of ether oxygens (including phenoxy) is 1. The number of oxime groups is 1. The van der Waals surface area contributed by atoms with Gasteiger partial charge in [0.25, 0.3) is 0 Å². The topological polar surface area (TPSA) is 75.2 Å². The molecular weight excluding hydrogens is 454 g/mol. The molecule has 2 aromatic rings. The Labute approximate surface area is 203 Å². The minimum absolute atomic E-state index is 0.152. The SMILES string of the molecule is CCOC(=O)C1(c2ccc(F)cc2)ON=C2/C(=C/c3ccc(N/C=C(/C)NC)c(F)c3)CCCN21. The monoisotopic (exact) mass is 482 g/mol. The molecule has 0 aromatic heterocycles. The molecule has 1 atom stereocenters. The molecule has 2 N–H and O–H groups in total. The zero-order valence-corrected chi connectivity index (χ0v) is 19.9. The molecule has 4 rings (SSSR count). The van der Waals surface area contributed by atoms with E-state index in [1.54, 1.807) is 37.2 Å². The second-order valence-electron chi connectivity index (χ2n) is 8.26. The lowest BCUT2D eigenvalue weighted by molar-refractivity contribution is -0.189. The number of allylic oxidation sites excluding steroid dienone is 1. The van der Waals surface area contributed by atoms with Crippen LogP contribution in [0.1, 0.15) is 37.8 Å². The second-order valence-corrected chi connectivity index (χ2v) is 8.26. The van der Waals surface area contributed by atoms with Crippen LogP contribution in [0, 0.1) is 11.6 Å². The fraction of sp³-hybridized carbons (Fsp3) is 0.308. The minimum Gasteiger partial charge on any atom is -0.461 e. The number of rotatable bonds is 7. The number of esters is 1. The largest absolute Gasteiger partial charge is 0.461 e. The summed E-state index contributed by atoms with van der Waals surface area (Å²) >= 11 is 0. The highest BCUT2D eigenvalue weighted by Gasteiger charge is 2.57. The van der Waals surface area contributed by atoms with Crippen molar-refractivity contribution in [2.75, 3.05) is 25.5 Å². The normalized spacial score (nSPS) is 20.7. The Hall–Kier alpha value is -3.88. The van der Waals surface area contributed by atoms with Gasteiger partial charge in [-0.2, -0.15) is 0 Å². The summed E-state index contributed by atoms with van der Waals surface area (Å²) in [5.41, 5.74) is 1.45. The van der Waals surface area contributed by atoms with E-state index in [2.05, 4.69) is 15.8 Å². The van der Waals surface area contributed by atoms with Gasteiger partial charge in [-0.05, 0) is 80.3 Å². The summed E-state index contributed by atoms with van der Waals surface area (Å²) in [5, 5.41) is 10.2. The standard InChI is InChI=1S/C26H28F2N4O3/c1-4-34-25(33)26(20-8-10-21(27)11-9-20)32-13-5-6-19(24(32)31-35-26)14-18-7-12-23(22(28)15-18)30-16-17(2)29-3/h7-12,14-16,29-30H,4-6,13H2,1-3H3/b17-16-,19-14+. The third-order valence-corrected chi connectivity index (χ3v) is 5.98. The van der Waals surface area contributed by atoms with Crippen LogP contribution in [-0.4, -0.2) is 36.9 Å². The summed E-state index contributed by atoms with van der Waals surface area (Å²) in [5.74, 6) is -0.978. The lowest BCUT2D eigenvalue weighted by Crippen LogP contribution is -2.54. The van der Waals surface area contributed by atoms with Crippen molar-refractivity contribution >= 4 is 23.6 Å². The number of hydrogen-bond acceptors (Lipinski definition) is 7. The van der Waals surface area contributed by atoms with Crippen molar-refractivity contribution in [2.24, 2.45) is 5.16 Å². The third-order valence-electron chi connectivity index (χ3n) is 5.98. The van der Waals surface area contributed by atoms with Gasteiger partial charge in [-0.15, -0.1) is 0 Å². The molecular formula is C26H28F2N4O3. The smallest absolute Gasteiger partial charge is 0.380 e. The molecule has 0 amide bonds. The molecule has 0 aliphatic carbocycles. The predicted molar refractivity (Wildman–Crippen MR) is 130 cm³/mol. The molecule has 0 spiro atoms. The van der Waals surface area contributed by atoms with Gasteiger partial charge in [-0.3, -0.25) is 0 Å². The molecule has 2 aliphatic rings. The van der Waals surface area contributed by atoms with Gasteiger partial charge in [0.1, 0.15) is 11.6 Å². The van der Waals surface area contributed by atoms with Crippen molar-refractivity contribution in [2.45, 2.75) is 32.4 Å². The summed E-state index contributed by atoms with van der Waals surface area (Å²) in [6.45, 7) is 4.21. The van der Waals surface area contributed by atoms with Gasteiger partial charge < -0.3 is 25.1 Å². The number of benzene rings is 2. The number of halogens is 2. The van der Waals surface area contributed by atoms with Crippen LogP contribution in [-0.2, 0) is 20.1 Å². The van der Waals surface area contributed by atoms with E-state index in [4.69, 9.17) is 9.57 Å². The molecule has 35 heavy (non-hydrogen) atoms. The minimum atomic E-state index is -1.64. The number of amidine groups is 1. The first-order valence-corrected chi connectivity index (χ1v) is 11.5. The Morgan fingerprint density at radius 2 is 2.03 bits per heavy atom. The molecule has 9 heteroatoms. The van der Waals surface area contributed by atoms with Crippen molar-refractivity contribution in [3.05, 3.63) is 82.7 Å². The zero-order valence-electron chi connectivity index (χ0n) is 19.9. The molecule has 1 unspecified atom stereocenters. The predicted octanol–water partition coefficient (Wildman–Crippen LogP) is 4.70. The first kappa shape index (κ1) is 24.3. The van der Waals surface area contributed by atoms with E-state index in [1.165, 1.54) is 30.3 Å². The van der Waals surface area contributed by atoms with E-state index in [-0.39, 0.29) is 6.61 Å². The Kier molecular flexibility index (Phi) is 7.04. The summed E-state index contributed by atoms with van der Waals surface area (Å²) < 4.78 is 33.6. The number of carbonyl (C=O) groups excluding carboxylic acids is 1. The number of hydrogen-bond donors (Lipinski definition) is 2. The summed E-state index contributed by atoms with van der Waals surface area (Å²) in [6.07, 6.45) is 4.91. The van der Waals surface area contributed by atoms with E-state index in [1.807, 2.05) is 13.0 Å². The van der Waals surface area contributed by atoms with Crippen molar-refractivity contribution in [1.29, 1.82) is 0 Å². The van der Waals surface area contributed by atoms with Crippen LogP contribution in [0.4, 0.5) is 14.5 Å². The van der Waals surface area contributed by atoms with Crippen LogP contribution in [0.15, 0.2) is 65.1 Å². The van der Waals surface area contributed by atoms with E-state index < -0.39 is 23.3 Å². The highest BCUT2D eigenvalue weighted by Crippen LogP contribution is 2.41. The number of anilines is 1. The maximum Gasteiger partial charge on any atom is 0.380 e. The second kappa shape index (κ2) is 10.2. The van der Waals surface area contributed by atoms with Gasteiger partial charge in [0.05, 0.1) is 12.3 Å². The third kappa shape index (κ3) is 4.71. The highest BCUT2D eigenvalue weighted by atomic mass is 19.1. The first-order chi connectivity index (χ1) is 16.9. The molecule has 7 nitrogen and oxygen atoms in total. The number of piperidine rings is 1. The molecule has 1 saturated heterocycles. The van der Waals surface area contributed by atoms with E-state index in [0.717, 1.165) is 11.3 Å². The summed E-state index contributed by atoms with van der Waals surface area (Å²) in [4.78, 5) is 20.7. The Balaban J connectivity index is 1.65. The van der Waals surface area contributed by atoms with Crippen LogP contribution in [0.25, 0.3) is 6.08 Å². The molecule has 0 saturated carbocycles. The van der Waals surface area contributed by atoms with Gasteiger partial charge in [0, 0.05) is 31.1 Å². The Morgan fingerprint density at radius 1 is 1.26 bits per heavy atom. The van der Waals surface area contributed by atoms with Crippen LogP contribution < -0.4 is 10.6 Å². The number of nitrogens with zero attached hydrogens (tertiary/aromatic N) is 2.